The molecule has 0 heterocycles. The van der Waals surface area contributed by atoms with E-state index in [1.807, 2.05) is 18.2 Å². The lowest BCUT2D eigenvalue weighted by Crippen LogP contribution is -2.31. The predicted octanol–water partition coefficient (Wildman–Crippen LogP) is 1.31. The first-order chi connectivity index (χ1) is 8.09. The van der Waals surface area contributed by atoms with Crippen LogP contribution in [-0.2, 0) is 11.2 Å². The number of hydrogen-bond donors (Lipinski definition) is 2. The maximum Gasteiger partial charge on any atom is 0.258 e. The van der Waals surface area contributed by atoms with Crippen molar-refractivity contribution in [2.75, 3.05) is 0 Å². The molecule has 0 spiro atoms. The van der Waals surface area contributed by atoms with Crippen LogP contribution in [-0.4, -0.2) is 17.1 Å². The van der Waals surface area contributed by atoms with Crippen LogP contribution in [0.5, 0.6) is 5.75 Å². The van der Waals surface area contributed by atoms with E-state index in [0.717, 1.165) is 30.4 Å². The molecule has 0 saturated heterocycles. The summed E-state index contributed by atoms with van der Waals surface area (Å²) in [6, 6.07) is 5.55. The smallest absolute Gasteiger partial charge is 0.258 e. The number of nitrogens with two attached hydrogens (primary N) is 1. The zero-order valence-corrected chi connectivity index (χ0v) is 9.85. The van der Waals surface area contributed by atoms with Crippen molar-refractivity contribution < 1.29 is 14.6 Å². The fraction of sp³-hybridized carbons (Fsp3) is 0.462. The second-order valence-corrected chi connectivity index (χ2v) is 4.39. The van der Waals surface area contributed by atoms with Gasteiger partial charge in [0.15, 0.2) is 6.10 Å². The highest BCUT2D eigenvalue weighted by Gasteiger charge is 2.22. The number of rotatable bonds is 3. The fourth-order valence-electron chi connectivity index (χ4n) is 2.15. The number of hydrogen-bond acceptors (Lipinski definition) is 3. The summed E-state index contributed by atoms with van der Waals surface area (Å²) in [4.78, 5) is 11.0. The second-order valence-electron chi connectivity index (χ2n) is 4.39. The fourth-order valence-corrected chi connectivity index (χ4v) is 2.15. The number of carbonyl (C=O) groups is 1. The Labute approximate surface area is 100 Å². The SMILES string of the molecule is C[C@H](Oc1cccc2c1CCC[C@H]2O)C(N)=O. The summed E-state index contributed by atoms with van der Waals surface area (Å²) in [5.41, 5.74) is 7.08. The van der Waals surface area contributed by atoms with Crippen LogP contribution in [0.2, 0.25) is 0 Å². The Hall–Kier alpha value is -1.55. The zero-order valence-electron chi connectivity index (χ0n) is 9.85. The van der Waals surface area contributed by atoms with Crippen LogP contribution in [0.15, 0.2) is 18.2 Å². The van der Waals surface area contributed by atoms with Gasteiger partial charge in [0.25, 0.3) is 5.91 Å². The molecule has 1 aliphatic rings. The molecular formula is C13H17NO3. The molecule has 2 atom stereocenters. The average Bonchev–Trinajstić information content (AvgIpc) is 2.30. The molecule has 1 aromatic rings. The number of carbonyl (C=O) groups excluding carboxylic acids is 1. The lowest BCUT2D eigenvalue weighted by Gasteiger charge is -2.24. The molecule has 4 heteroatoms. The van der Waals surface area contributed by atoms with Gasteiger partial charge in [-0.2, -0.15) is 0 Å². The van der Waals surface area contributed by atoms with Gasteiger partial charge in [0.05, 0.1) is 6.10 Å². The molecule has 1 aliphatic carbocycles. The third-order valence-corrected chi connectivity index (χ3v) is 3.14. The number of benzene rings is 1. The predicted molar refractivity (Wildman–Crippen MR) is 63.6 cm³/mol. The number of aliphatic hydroxyl groups excluding tert-OH is 1. The molecule has 17 heavy (non-hydrogen) atoms. The summed E-state index contributed by atoms with van der Waals surface area (Å²) in [7, 11) is 0. The Morgan fingerprint density at radius 2 is 2.35 bits per heavy atom. The molecule has 0 fully saturated rings. The molecule has 0 unspecified atom stereocenters. The van der Waals surface area contributed by atoms with Crippen molar-refractivity contribution in [2.24, 2.45) is 5.73 Å². The van der Waals surface area contributed by atoms with E-state index < -0.39 is 18.1 Å². The molecule has 3 N–H and O–H groups in total. The first kappa shape index (κ1) is 11.9. The number of primary amides is 1. The molecule has 0 aliphatic heterocycles. The number of fused-ring (bicyclic) bond motifs is 1. The van der Waals surface area contributed by atoms with Gasteiger partial charge in [-0.15, -0.1) is 0 Å². The van der Waals surface area contributed by atoms with Gasteiger partial charge in [0, 0.05) is 0 Å². The highest BCUT2D eigenvalue weighted by atomic mass is 16.5. The van der Waals surface area contributed by atoms with Crippen LogP contribution in [0.25, 0.3) is 0 Å². The summed E-state index contributed by atoms with van der Waals surface area (Å²) in [5, 5.41) is 9.88. The van der Waals surface area contributed by atoms with Gasteiger partial charge < -0.3 is 15.6 Å². The van der Waals surface area contributed by atoms with Crippen LogP contribution in [0, 0.1) is 0 Å². The van der Waals surface area contributed by atoms with E-state index in [-0.39, 0.29) is 0 Å². The van der Waals surface area contributed by atoms with Gasteiger partial charge in [-0.05, 0) is 43.4 Å². The van der Waals surface area contributed by atoms with Crippen molar-refractivity contribution in [1.82, 2.24) is 0 Å². The molecule has 92 valence electrons. The Morgan fingerprint density at radius 1 is 1.59 bits per heavy atom. The number of ether oxygens (including phenoxy) is 1. The highest BCUT2D eigenvalue weighted by Crippen LogP contribution is 2.35. The molecule has 0 aromatic heterocycles. The highest BCUT2D eigenvalue weighted by molar-refractivity contribution is 5.78. The van der Waals surface area contributed by atoms with E-state index in [9.17, 15) is 9.90 Å². The van der Waals surface area contributed by atoms with Crippen molar-refractivity contribution in [1.29, 1.82) is 0 Å². The summed E-state index contributed by atoms with van der Waals surface area (Å²) in [5.74, 6) is 0.173. The molecule has 0 saturated carbocycles. The largest absolute Gasteiger partial charge is 0.481 e. The maximum atomic E-state index is 11.0. The number of aliphatic hydroxyl groups is 1. The summed E-state index contributed by atoms with van der Waals surface area (Å²) in [6.07, 6.45) is 1.50. The molecule has 0 bridgehead atoms. The normalized spacial score (nSPS) is 20.5. The monoisotopic (exact) mass is 235 g/mol. The Bertz CT molecular complexity index is 431. The van der Waals surface area contributed by atoms with E-state index in [2.05, 4.69) is 0 Å². The van der Waals surface area contributed by atoms with E-state index >= 15 is 0 Å². The molecule has 2 rings (SSSR count). The van der Waals surface area contributed by atoms with Gasteiger partial charge in [-0.25, -0.2) is 0 Å². The van der Waals surface area contributed by atoms with Gasteiger partial charge >= 0.3 is 0 Å². The van der Waals surface area contributed by atoms with Gasteiger partial charge in [-0.1, -0.05) is 12.1 Å². The van der Waals surface area contributed by atoms with Crippen molar-refractivity contribution in [3.63, 3.8) is 0 Å². The van der Waals surface area contributed by atoms with Crippen LogP contribution >= 0.6 is 0 Å². The van der Waals surface area contributed by atoms with Crippen LogP contribution in [0.3, 0.4) is 0 Å². The lowest BCUT2D eigenvalue weighted by molar-refractivity contribution is -0.124. The molecule has 0 radical (unpaired) electrons. The van der Waals surface area contributed by atoms with Crippen LogP contribution in [0.1, 0.15) is 37.0 Å². The molecule has 1 aromatic carbocycles. The van der Waals surface area contributed by atoms with E-state index in [0.29, 0.717) is 5.75 Å². The second kappa shape index (κ2) is 4.75. The van der Waals surface area contributed by atoms with E-state index in [1.54, 1.807) is 6.92 Å². The van der Waals surface area contributed by atoms with E-state index in [4.69, 9.17) is 10.5 Å². The number of amides is 1. The minimum absolute atomic E-state index is 0.425. The van der Waals surface area contributed by atoms with E-state index in [1.165, 1.54) is 0 Å². The molecule has 4 nitrogen and oxygen atoms in total. The minimum Gasteiger partial charge on any atom is -0.481 e. The Kier molecular flexibility index (Phi) is 3.33. The minimum atomic E-state index is -0.652. The average molecular weight is 235 g/mol. The van der Waals surface area contributed by atoms with Crippen LogP contribution in [0.4, 0.5) is 0 Å². The quantitative estimate of drug-likeness (QED) is 0.829. The van der Waals surface area contributed by atoms with Crippen molar-refractivity contribution in [2.45, 2.75) is 38.4 Å². The van der Waals surface area contributed by atoms with Gasteiger partial charge in [0.2, 0.25) is 0 Å². The summed E-state index contributed by atoms with van der Waals surface area (Å²) < 4.78 is 5.54. The lowest BCUT2D eigenvalue weighted by atomic mass is 9.89. The third kappa shape index (κ3) is 2.42. The summed E-state index contributed by atoms with van der Waals surface area (Å²) in [6.45, 7) is 1.63. The van der Waals surface area contributed by atoms with Gasteiger partial charge in [0.1, 0.15) is 5.75 Å². The van der Waals surface area contributed by atoms with Crippen LogP contribution < -0.4 is 10.5 Å². The maximum absolute atomic E-state index is 11.0. The standard InChI is InChI=1S/C13H17NO3/c1-8(13(14)16)17-12-7-3-4-9-10(12)5-2-6-11(9)15/h3-4,7-8,11,15H,2,5-6H2,1H3,(H2,14,16)/t8-,11+/m0/s1. The summed E-state index contributed by atoms with van der Waals surface area (Å²) >= 11 is 0. The first-order valence-electron chi connectivity index (χ1n) is 5.85. The van der Waals surface area contributed by atoms with Gasteiger partial charge in [-0.3, -0.25) is 4.79 Å². The van der Waals surface area contributed by atoms with Crippen molar-refractivity contribution >= 4 is 5.91 Å². The zero-order chi connectivity index (χ0) is 12.4. The first-order valence-corrected chi connectivity index (χ1v) is 5.85. The molecule has 1 amide bonds. The van der Waals surface area contributed by atoms with Crippen molar-refractivity contribution in [3.05, 3.63) is 29.3 Å². The third-order valence-electron chi connectivity index (χ3n) is 3.14. The Morgan fingerprint density at radius 3 is 3.06 bits per heavy atom. The Balaban J connectivity index is 2.29. The topological polar surface area (TPSA) is 72.6 Å². The molecular weight excluding hydrogens is 218 g/mol. The van der Waals surface area contributed by atoms with Crippen molar-refractivity contribution in [3.8, 4) is 5.75 Å².